The summed E-state index contributed by atoms with van der Waals surface area (Å²) in [6.07, 6.45) is 3.30. The third-order valence-electron chi connectivity index (χ3n) is 4.57. The third-order valence-corrected chi connectivity index (χ3v) is 4.57. The van der Waals surface area contributed by atoms with Gasteiger partial charge in [0.25, 0.3) is 5.56 Å². The fourth-order valence-electron chi connectivity index (χ4n) is 3.33. The average Bonchev–Trinajstić information content (AvgIpc) is 2.59. The predicted molar refractivity (Wildman–Crippen MR) is 96.3 cm³/mol. The summed E-state index contributed by atoms with van der Waals surface area (Å²) < 4.78 is 1.31. The van der Waals surface area contributed by atoms with Crippen LogP contribution < -0.4 is 11.3 Å². The molecule has 1 saturated heterocycles. The monoisotopic (exact) mass is 350 g/mol. The molecule has 1 aromatic carbocycles. The molecule has 2 aromatic rings. The fraction of sp³-hybridized carbons (Fsp3) is 0.471. The van der Waals surface area contributed by atoms with Crippen molar-refractivity contribution < 1.29 is 4.79 Å². The number of nitrogens with two attached hydrogens (primary N) is 1. The number of benzene rings is 1. The summed E-state index contributed by atoms with van der Waals surface area (Å²) in [6, 6.07) is 7.43. The van der Waals surface area contributed by atoms with Crippen LogP contribution in [0.15, 0.2) is 29.1 Å². The Morgan fingerprint density at radius 2 is 2.00 bits per heavy atom. The molecule has 1 amide bonds. The van der Waals surface area contributed by atoms with E-state index in [0.29, 0.717) is 17.6 Å². The zero-order valence-corrected chi connectivity index (χ0v) is 14.6. The smallest absolute Gasteiger partial charge is 0.274 e. The number of aryl methyl sites for hydroxylation is 1. The molecule has 2 N–H and O–H groups in total. The Hall–Kier alpha value is -1.92. The van der Waals surface area contributed by atoms with Crippen molar-refractivity contribution in [2.45, 2.75) is 31.7 Å². The Morgan fingerprint density at radius 3 is 2.71 bits per heavy atom. The normalized spacial score (nSPS) is 17.6. The van der Waals surface area contributed by atoms with E-state index in [9.17, 15) is 9.59 Å². The lowest BCUT2D eigenvalue weighted by Gasteiger charge is -2.35. The molecule has 24 heavy (non-hydrogen) atoms. The molecule has 1 unspecified atom stereocenters. The molecule has 7 heteroatoms. The maximum atomic E-state index is 12.7. The second-order valence-corrected chi connectivity index (χ2v) is 6.07. The van der Waals surface area contributed by atoms with E-state index in [2.05, 4.69) is 5.10 Å². The van der Waals surface area contributed by atoms with Crippen molar-refractivity contribution in [1.82, 2.24) is 14.7 Å². The Kier molecular flexibility index (Phi) is 5.96. The minimum atomic E-state index is -0.144. The van der Waals surface area contributed by atoms with Crippen molar-refractivity contribution in [2.75, 3.05) is 13.1 Å². The van der Waals surface area contributed by atoms with E-state index in [4.69, 9.17) is 5.73 Å². The van der Waals surface area contributed by atoms with E-state index < -0.39 is 0 Å². The molecule has 0 bridgehead atoms. The lowest BCUT2D eigenvalue weighted by atomic mass is 10.0. The van der Waals surface area contributed by atoms with E-state index in [0.717, 1.165) is 31.2 Å². The van der Waals surface area contributed by atoms with Crippen LogP contribution in [0.4, 0.5) is 0 Å². The number of fused-ring (bicyclic) bond motifs is 1. The van der Waals surface area contributed by atoms with E-state index in [1.165, 1.54) is 4.68 Å². The van der Waals surface area contributed by atoms with Crippen LogP contribution in [0.2, 0.25) is 0 Å². The van der Waals surface area contributed by atoms with Crippen LogP contribution in [-0.4, -0.2) is 39.7 Å². The topological polar surface area (TPSA) is 81.2 Å². The van der Waals surface area contributed by atoms with Crippen LogP contribution in [0.5, 0.6) is 0 Å². The highest BCUT2D eigenvalue weighted by atomic mass is 35.5. The molecule has 0 radical (unpaired) electrons. The van der Waals surface area contributed by atoms with Crippen LogP contribution in [0, 0.1) is 0 Å². The van der Waals surface area contributed by atoms with Crippen molar-refractivity contribution in [3.63, 3.8) is 0 Å². The Bertz CT molecular complexity index is 790. The number of aromatic nitrogens is 2. The van der Waals surface area contributed by atoms with Crippen molar-refractivity contribution >= 4 is 29.1 Å². The molecule has 1 aliphatic rings. The first kappa shape index (κ1) is 18.4. The first-order valence-electron chi connectivity index (χ1n) is 8.06. The number of halogens is 1. The minimum absolute atomic E-state index is 0. The number of piperidine rings is 1. The largest absolute Gasteiger partial charge is 0.338 e. The van der Waals surface area contributed by atoms with Gasteiger partial charge in [0.15, 0.2) is 0 Å². The number of carbonyl (C=O) groups is 1. The van der Waals surface area contributed by atoms with Gasteiger partial charge >= 0.3 is 0 Å². The van der Waals surface area contributed by atoms with Crippen molar-refractivity contribution in [3.8, 4) is 0 Å². The predicted octanol–water partition coefficient (Wildman–Crippen LogP) is 1.24. The van der Waals surface area contributed by atoms with Crippen molar-refractivity contribution in [1.29, 1.82) is 0 Å². The van der Waals surface area contributed by atoms with E-state index in [-0.39, 0.29) is 36.3 Å². The first-order chi connectivity index (χ1) is 11.1. The van der Waals surface area contributed by atoms with Gasteiger partial charge in [0, 0.05) is 31.6 Å². The number of amides is 1. The second kappa shape index (κ2) is 7.77. The summed E-state index contributed by atoms with van der Waals surface area (Å²) in [5, 5.41) is 5.67. The molecule has 1 atom stereocenters. The SMILES string of the molecule is Cl.Cn1nc(CC(=O)N2CCCCC2CN)c2ccccc2c1=O. The molecular weight excluding hydrogens is 328 g/mol. The molecule has 0 saturated carbocycles. The summed E-state index contributed by atoms with van der Waals surface area (Å²) >= 11 is 0. The number of rotatable bonds is 3. The van der Waals surface area contributed by atoms with Gasteiger partial charge in [-0.05, 0) is 25.3 Å². The maximum Gasteiger partial charge on any atom is 0.274 e. The molecule has 1 aliphatic heterocycles. The number of nitrogens with zero attached hydrogens (tertiary/aromatic N) is 3. The van der Waals surface area contributed by atoms with Gasteiger partial charge in [-0.25, -0.2) is 4.68 Å². The van der Waals surface area contributed by atoms with Gasteiger partial charge in [-0.2, -0.15) is 5.10 Å². The summed E-state index contributed by atoms with van der Waals surface area (Å²) in [5.74, 6) is 0.0384. The standard InChI is InChI=1S/C17H22N4O2.ClH/c1-20-17(23)14-8-3-2-7-13(14)15(19-20)10-16(22)21-9-5-4-6-12(21)11-18;/h2-3,7-8,12H,4-6,9-11,18H2,1H3;1H. The first-order valence-corrected chi connectivity index (χ1v) is 8.06. The number of hydrogen-bond donors (Lipinski definition) is 1. The number of carbonyl (C=O) groups excluding carboxylic acids is 1. The van der Waals surface area contributed by atoms with Crippen LogP contribution in [-0.2, 0) is 18.3 Å². The molecule has 0 aliphatic carbocycles. The molecule has 130 valence electrons. The van der Waals surface area contributed by atoms with Gasteiger partial charge < -0.3 is 10.6 Å². The van der Waals surface area contributed by atoms with Crippen LogP contribution in [0.25, 0.3) is 10.8 Å². The van der Waals surface area contributed by atoms with Gasteiger partial charge in [0.05, 0.1) is 17.5 Å². The zero-order valence-electron chi connectivity index (χ0n) is 13.8. The summed E-state index contributed by atoms with van der Waals surface area (Å²) in [6.45, 7) is 1.25. The molecule has 1 aromatic heterocycles. The highest BCUT2D eigenvalue weighted by Gasteiger charge is 2.26. The van der Waals surface area contributed by atoms with E-state index >= 15 is 0 Å². The minimum Gasteiger partial charge on any atom is -0.338 e. The van der Waals surface area contributed by atoms with Crippen LogP contribution in [0.3, 0.4) is 0 Å². The van der Waals surface area contributed by atoms with Gasteiger partial charge in [-0.1, -0.05) is 18.2 Å². The highest BCUT2D eigenvalue weighted by molar-refractivity contribution is 5.88. The van der Waals surface area contributed by atoms with Gasteiger partial charge in [-0.3, -0.25) is 9.59 Å². The third kappa shape index (κ3) is 3.44. The van der Waals surface area contributed by atoms with Gasteiger partial charge in [-0.15, -0.1) is 12.4 Å². The number of hydrogen-bond acceptors (Lipinski definition) is 4. The Labute approximate surface area is 147 Å². The number of likely N-dealkylation sites (tertiary alicyclic amines) is 1. The van der Waals surface area contributed by atoms with Crippen LogP contribution in [0.1, 0.15) is 25.0 Å². The molecule has 2 heterocycles. The Morgan fingerprint density at radius 1 is 1.29 bits per heavy atom. The zero-order chi connectivity index (χ0) is 16.4. The van der Waals surface area contributed by atoms with Crippen molar-refractivity contribution in [3.05, 3.63) is 40.3 Å². The molecular formula is C17H23ClN4O2. The molecule has 0 spiro atoms. The summed E-state index contributed by atoms with van der Waals surface area (Å²) in [5.41, 5.74) is 6.31. The highest BCUT2D eigenvalue weighted by Crippen LogP contribution is 2.19. The summed E-state index contributed by atoms with van der Waals surface area (Å²) in [7, 11) is 1.62. The second-order valence-electron chi connectivity index (χ2n) is 6.07. The summed E-state index contributed by atoms with van der Waals surface area (Å²) in [4.78, 5) is 26.8. The molecule has 6 nitrogen and oxygen atoms in total. The fourth-order valence-corrected chi connectivity index (χ4v) is 3.33. The maximum absolute atomic E-state index is 12.7. The quantitative estimate of drug-likeness (QED) is 0.903. The lowest BCUT2D eigenvalue weighted by molar-refractivity contribution is -0.133. The van der Waals surface area contributed by atoms with E-state index in [1.54, 1.807) is 13.1 Å². The lowest BCUT2D eigenvalue weighted by Crippen LogP contribution is -2.48. The molecule has 3 rings (SSSR count). The Balaban J connectivity index is 0.00000208. The van der Waals surface area contributed by atoms with Crippen molar-refractivity contribution in [2.24, 2.45) is 12.8 Å². The molecule has 1 fully saturated rings. The van der Waals surface area contributed by atoms with E-state index in [1.807, 2.05) is 23.1 Å². The van der Waals surface area contributed by atoms with Crippen LogP contribution >= 0.6 is 12.4 Å². The average molecular weight is 351 g/mol. The van der Waals surface area contributed by atoms with Gasteiger partial charge in [0.2, 0.25) is 5.91 Å². The van der Waals surface area contributed by atoms with Gasteiger partial charge in [0.1, 0.15) is 0 Å².